The van der Waals surface area contributed by atoms with Crippen LogP contribution in [0.3, 0.4) is 0 Å². The molecule has 1 heterocycles. The van der Waals surface area contributed by atoms with Gasteiger partial charge in [-0.25, -0.2) is 0 Å². The number of hydrogen-bond acceptors (Lipinski definition) is 4. The van der Waals surface area contributed by atoms with Crippen LogP contribution in [0.15, 0.2) is 24.3 Å². The summed E-state index contributed by atoms with van der Waals surface area (Å²) in [6.07, 6.45) is 5.60. The Labute approximate surface area is 186 Å². The Balaban J connectivity index is 0.00000210. The lowest BCUT2D eigenvalue weighted by atomic mass is 9.95. The number of hydrogen-bond donors (Lipinski definition) is 3. The van der Waals surface area contributed by atoms with E-state index in [-0.39, 0.29) is 42.5 Å². The summed E-state index contributed by atoms with van der Waals surface area (Å²) in [7, 11) is 0. The third-order valence-electron chi connectivity index (χ3n) is 5.89. The van der Waals surface area contributed by atoms with Crippen molar-refractivity contribution >= 4 is 36.6 Å². The molecule has 164 valence electrons. The Bertz CT molecular complexity index is 636. The smallest absolute Gasteiger partial charge is 0.251 e. The van der Waals surface area contributed by atoms with Gasteiger partial charge in [0.1, 0.15) is 0 Å². The van der Waals surface area contributed by atoms with E-state index in [1.807, 2.05) is 24.3 Å². The second kappa shape index (κ2) is 13.1. The molecule has 29 heavy (non-hydrogen) atoms. The molecular weight excluding hydrogens is 411 g/mol. The van der Waals surface area contributed by atoms with Crippen LogP contribution in [0.1, 0.15) is 48.0 Å². The molecule has 0 aromatic heterocycles. The molecule has 1 aliphatic carbocycles. The molecule has 8 heteroatoms. The first kappa shape index (κ1) is 25.7. The maximum absolute atomic E-state index is 12.4. The minimum atomic E-state index is -0.0403. The summed E-state index contributed by atoms with van der Waals surface area (Å²) in [6, 6.07) is 7.46. The van der Waals surface area contributed by atoms with Crippen LogP contribution >= 0.6 is 24.8 Å². The van der Waals surface area contributed by atoms with Gasteiger partial charge < -0.3 is 21.3 Å². The van der Waals surface area contributed by atoms with Gasteiger partial charge in [0.05, 0.1) is 0 Å². The van der Waals surface area contributed by atoms with E-state index in [1.165, 1.54) is 12.8 Å². The van der Waals surface area contributed by atoms with Crippen molar-refractivity contribution in [2.75, 3.05) is 32.7 Å². The van der Waals surface area contributed by atoms with Crippen LogP contribution < -0.4 is 16.4 Å². The van der Waals surface area contributed by atoms with Crippen molar-refractivity contribution in [2.24, 2.45) is 17.6 Å². The van der Waals surface area contributed by atoms with Crippen LogP contribution in [0.25, 0.3) is 0 Å². The zero-order chi connectivity index (χ0) is 19.1. The zero-order valence-electron chi connectivity index (χ0n) is 16.9. The maximum Gasteiger partial charge on any atom is 0.251 e. The van der Waals surface area contributed by atoms with Crippen molar-refractivity contribution in [3.05, 3.63) is 35.4 Å². The molecule has 0 radical (unpaired) electrons. The number of halogens is 2. The molecule has 0 unspecified atom stereocenters. The Morgan fingerprint density at radius 3 is 2.34 bits per heavy atom. The molecule has 2 fully saturated rings. The number of benzene rings is 1. The van der Waals surface area contributed by atoms with Gasteiger partial charge in [-0.15, -0.1) is 24.8 Å². The van der Waals surface area contributed by atoms with Gasteiger partial charge in [0.25, 0.3) is 5.91 Å². The number of rotatable bonds is 8. The lowest BCUT2D eigenvalue weighted by Crippen LogP contribution is -2.34. The van der Waals surface area contributed by atoms with Crippen LogP contribution in [-0.4, -0.2) is 49.4 Å². The van der Waals surface area contributed by atoms with E-state index in [9.17, 15) is 9.59 Å². The number of nitrogens with zero attached hydrogens (tertiary/aromatic N) is 1. The topological polar surface area (TPSA) is 87.5 Å². The fourth-order valence-electron chi connectivity index (χ4n) is 4.19. The quantitative estimate of drug-likeness (QED) is 0.573. The molecule has 2 aliphatic rings. The zero-order valence-corrected chi connectivity index (χ0v) is 18.5. The van der Waals surface area contributed by atoms with Crippen molar-refractivity contribution < 1.29 is 9.59 Å². The lowest BCUT2D eigenvalue weighted by molar-refractivity contribution is -0.126. The lowest BCUT2D eigenvalue weighted by Gasteiger charge is -2.17. The van der Waals surface area contributed by atoms with E-state index in [2.05, 4.69) is 15.5 Å². The molecule has 1 saturated heterocycles. The molecule has 6 nitrogen and oxygen atoms in total. The summed E-state index contributed by atoms with van der Waals surface area (Å²) >= 11 is 0. The predicted molar refractivity (Wildman–Crippen MR) is 121 cm³/mol. The fourth-order valence-corrected chi connectivity index (χ4v) is 4.19. The van der Waals surface area contributed by atoms with E-state index in [0.717, 1.165) is 44.5 Å². The monoisotopic (exact) mass is 444 g/mol. The van der Waals surface area contributed by atoms with Crippen molar-refractivity contribution in [3.8, 4) is 0 Å². The van der Waals surface area contributed by atoms with Gasteiger partial charge in [-0.05, 0) is 68.9 Å². The number of nitrogens with two attached hydrogens (primary N) is 1. The SMILES string of the molecule is Cl.Cl.NC[C@H]1CCC[C@H]1C(=O)NCc1ccc(C(=O)NCCN2CCCC2)cc1. The molecule has 1 aliphatic heterocycles. The number of carbonyl (C=O) groups excluding carboxylic acids is 2. The van der Waals surface area contributed by atoms with Crippen LogP contribution in [0.2, 0.25) is 0 Å². The molecule has 1 saturated carbocycles. The fraction of sp³-hybridized carbons (Fsp3) is 0.619. The average molecular weight is 445 g/mol. The highest BCUT2D eigenvalue weighted by Crippen LogP contribution is 2.30. The van der Waals surface area contributed by atoms with Crippen LogP contribution in [0, 0.1) is 11.8 Å². The first-order chi connectivity index (χ1) is 13.2. The van der Waals surface area contributed by atoms with Gasteiger partial charge in [-0.1, -0.05) is 18.6 Å². The second-order valence-corrected chi connectivity index (χ2v) is 7.75. The minimum Gasteiger partial charge on any atom is -0.352 e. The predicted octanol–water partition coefficient (Wildman–Crippen LogP) is 2.35. The summed E-state index contributed by atoms with van der Waals surface area (Å²) < 4.78 is 0. The average Bonchev–Trinajstić information content (AvgIpc) is 3.38. The maximum atomic E-state index is 12.4. The van der Waals surface area contributed by atoms with E-state index >= 15 is 0 Å². The largest absolute Gasteiger partial charge is 0.352 e. The molecule has 1 aromatic rings. The molecule has 3 rings (SSSR count). The molecule has 1 aromatic carbocycles. The van der Waals surface area contributed by atoms with Crippen LogP contribution in [0.5, 0.6) is 0 Å². The number of likely N-dealkylation sites (tertiary alicyclic amines) is 1. The summed E-state index contributed by atoms with van der Waals surface area (Å²) in [6.45, 7) is 4.95. The van der Waals surface area contributed by atoms with Gasteiger partial charge in [-0.2, -0.15) is 0 Å². The summed E-state index contributed by atoms with van der Waals surface area (Å²) in [5.41, 5.74) is 7.42. The standard InChI is InChI=1S/C21H32N4O2.2ClH/c22-14-18-4-3-5-19(18)21(27)24-15-16-6-8-17(9-7-16)20(26)23-10-13-25-11-1-2-12-25;;/h6-9,18-19H,1-5,10-15,22H2,(H,23,26)(H,24,27);2*1H/t18-,19-;;/m1../s1. The summed E-state index contributed by atoms with van der Waals surface area (Å²) in [5.74, 6) is 0.431. The Hall–Kier alpha value is -1.34. The Morgan fingerprint density at radius 1 is 1.00 bits per heavy atom. The number of carbonyl (C=O) groups is 2. The van der Waals surface area contributed by atoms with Crippen molar-refractivity contribution in [2.45, 2.75) is 38.6 Å². The van der Waals surface area contributed by atoms with E-state index in [0.29, 0.717) is 31.1 Å². The van der Waals surface area contributed by atoms with E-state index in [4.69, 9.17) is 5.73 Å². The molecule has 0 bridgehead atoms. The third kappa shape index (κ3) is 7.45. The second-order valence-electron chi connectivity index (χ2n) is 7.75. The van der Waals surface area contributed by atoms with E-state index in [1.54, 1.807) is 0 Å². The summed E-state index contributed by atoms with van der Waals surface area (Å²) in [4.78, 5) is 27.0. The van der Waals surface area contributed by atoms with Crippen molar-refractivity contribution in [1.82, 2.24) is 15.5 Å². The van der Waals surface area contributed by atoms with Crippen molar-refractivity contribution in [3.63, 3.8) is 0 Å². The minimum absolute atomic E-state index is 0. The van der Waals surface area contributed by atoms with Gasteiger partial charge in [-0.3, -0.25) is 9.59 Å². The van der Waals surface area contributed by atoms with Gasteiger partial charge >= 0.3 is 0 Å². The highest BCUT2D eigenvalue weighted by molar-refractivity contribution is 5.94. The van der Waals surface area contributed by atoms with Gasteiger partial charge in [0.15, 0.2) is 0 Å². The molecule has 2 atom stereocenters. The Kier molecular flexibility index (Phi) is 11.6. The van der Waals surface area contributed by atoms with Gasteiger partial charge in [0.2, 0.25) is 5.91 Å². The van der Waals surface area contributed by atoms with Crippen LogP contribution in [0.4, 0.5) is 0 Å². The first-order valence-corrected chi connectivity index (χ1v) is 10.2. The van der Waals surface area contributed by atoms with E-state index < -0.39 is 0 Å². The first-order valence-electron chi connectivity index (χ1n) is 10.2. The molecule has 4 N–H and O–H groups in total. The molecular formula is C21H34Cl2N4O2. The van der Waals surface area contributed by atoms with Crippen molar-refractivity contribution in [1.29, 1.82) is 0 Å². The van der Waals surface area contributed by atoms with Crippen LogP contribution in [-0.2, 0) is 11.3 Å². The number of amides is 2. The normalized spacial score (nSPS) is 21.1. The number of nitrogens with one attached hydrogen (secondary N) is 2. The highest BCUT2D eigenvalue weighted by atomic mass is 35.5. The summed E-state index contributed by atoms with van der Waals surface area (Å²) in [5, 5.41) is 6.00. The highest BCUT2D eigenvalue weighted by Gasteiger charge is 2.31. The molecule has 0 spiro atoms. The molecule has 2 amide bonds. The Morgan fingerprint density at radius 2 is 1.69 bits per heavy atom. The van der Waals surface area contributed by atoms with Gasteiger partial charge in [0, 0.05) is 31.1 Å². The third-order valence-corrected chi connectivity index (χ3v) is 5.89.